The number of nitrogens with zero attached hydrogens (tertiary/aromatic N) is 3. The van der Waals surface area contributed by atoms with E-state index in [9.17, 15) is 5.11 Å². The van der Waals surface area contributed by atoms with E-state index in [1.54, 1.807) is 13.3 Å². The van der Waals surface area contributed by atoms with Gasteiger partial charge in [-0.3, -0.25) is 4.40 Å². The minimum Gasteiger partial charge on any atom is -0.495 e. The minimum atomic E-state index is -0.621. The molecule has 0 bridgehead atoms. The van der Waals surface area contributed by atoms with Gasteiger partial charge < -0.3 is 20.6 Å². The van der Waals surface area contributed by atoms with Crippen molar-refractivity contribution in [1.82, 2.24) is 19.4 Å². The first-order valence-corrected chi connectivity index (χ1v) is 8.98. The van der Waals surface area contributed by atoms with Gasteiger partial charge in [-0.25, -0.2) is 9.97 Å². The predicted molar refractivity (Wildman–Crippen MR) is 104 cm³/mol. The van der Waals surface area contributed by atoms with Crippen molar-refractivity contribution in [2.45, 2.75) is 31.3 Å². The number of nitrogen functional groups attached to an aromatic ring is 1. The number of hydrogen-bond donors (Lipinski definition) is 3. The smallest absolute Gasteiger partial charge is 0.150 e. The molecule has 0 amide bonds. The average molecular weight is 363 g/mol. The van der Waals surface area contributed by atoms with Crippen LogP contribution in [0.25, 0.3) is 27.8 Å². The van der Waals surface area contributed by atoms with Crippen LogP contribution in [-0.2, 0) is 0 Å². The summed E-state index contributed by atoms with van der Waals surface area (Å²) in [7, 11) is 1.66. The molecule has 3 aromatic heterocycles. The van der Waals surface area contributed by atoms with Gasteiger partial charge in [-0.15, -0.1) is 0 Å². The maximum Gasteiger partial charge on any atom is 0.150 e. The third-order valence-electron chi connectivity index (χ3n) is 5.44. The van der Waals surface area contributed by atoms with E-state index in [4.69, 9.17) is 15.5 Å². The van der Waals surface area contributed by atoms with E-state index in [1.165, 1.54) is 0 Å². The quantitative estimate of drug-likeness (QED) is 0.519. The molecule has 1 aromatic carbocycles. The van der Waals surface area contributed by atoms with E-state index in [1.807, 2.05) is 41.8 Å². The van der Waals surface area contributed by atoms with E-state index in [2.05, 4.69) is 9.97 Å². The van der Waals surface area contributed by atoms with Crippen molar-refractivity contribution in [1.29, 1.82) is 0 Å². The van der Waals surface area contributed by atoms with Crippen molar-refractivity contribution >= 4 is 22.2 Å². The van der Waals surface area contributed by atoms with Crippen LogP contribution in [0.3, 0.4) is 0 Å². The molecule has 0 aliphatic heterocycles. The number of imidazole rings is 1. The Balaban J connectivity index is 1.72. The maximum atomic E-state index is 10.2. The fraction of sp³-hybridized carbons (Fsp3) is 0.300. The van der Waals surface area contributed by atoms with Crippen LogP contribution in [0.4, 0.5) is 5.82 Å². The Morgan fingerprint density at radius 1 is 1.37 bits per heavy atom. The number of aromatic amines is 1. The summed E-state index contributed by atoms with van der Waals surface area (Å²) in [5, 5.41) is 11.2. The Kier molecular flexibility index (Phi) is 3.27. The topological polar surface area (TPSA) is 101 Å². The molecule has 1 aliphatic carbocycles. The first kappa shape index (κ1) is 16.1. The van der Waals surface area contributed by atoms with Gasteiger partial charge >= 0.3 is 0 Å². The van der Waals surface area contributed by atoms with Crippen molar-refractivity contribution in [2.24, 2.45) is 0 Å². The van der Waals surface area contributed by atoms with Gasteiger partial charge in [-0.1, -0.05) is 12.1 Å². The number of para-hydroxylation sites is 1. The summed E-state index contributed by atoms with van der Waals surface area (Å²) in [4.78, 5) is 12.6. The summed E-state index contributed by atoms with van der Waals surface area (Å²) in [6.45, 7) is 1.86. The Labute approximate surface area is 155 Å². The van der Waals surface area contributed by atoms with Gasteiger partial charge in [0.2, 0.25) is 0 Å². The number of methoxy groups -OCH3 is 1. The molecule has 5 rings (SSSR count). The van der Waals surface area contributed by atoms with Gasteiger partial charge in [0.1, 0.15) is 28.6 Å². The Morgan fingerprint density at radius 3 is 2.93 bits per heavy atom. The zero-order chi connectivity index (χ0) is 18.8. The van der Waals surface area contributed by atoms with Gasteiger partial charge in [0.05, 0.1) is 23.9 Å². The fourth-order valence-corrected chi connectivity index (χ4v) is 4.17. The number of ether oxygens (including phenoxy) is 1. The van der Waals surface area contributed by atoms with Gasteiger partial charge in [0, 0.05) is 23.7 Å². The average Bonchev–Trinajstić information content (AvgIpc) is 3.21. The predicted octanol–water partition coefficient (Wildman–Crippen LogP) is 3.10. The van der Waals surface area contributed by atoms with Crippen molar-refractivity contribution in [2.75, 3.05) is 12.8 Å². The summed E-state index contributed by atoms with van der Waals surface area (Å²) in [5.74, 6) is 2.32. The number of aromatic nitrogens is 4. The number of rotatable bonds is 3. The molecule has 4 N–H and O–H groups in total. The van der Waals surface area contributed by atoms with E-state index in [0.717, 1.165) is 39.4 Å². The molecule has 0 spiro atoms. The van der Waals surface area contributed by atoms with Crippen molar-refractivity contribution in [3.05, 3.63) is 42.5 Å². The maximum absolute atomic E-state index is 10.2. The first-order chi connectivity index (χ1) is 13.0. The van der Waals surface area contributed by atoms with Crippen LogP contribution in [0.1, 0.15) is 31.5 Å². The number of anilines is 1. The molecule has 0 unspecified atom stereocenters. The summed E-state index contributed by atoms with van der Waals surface area (Å²) in [6.07, 6.45) is 4.94. The molecular formula is C20H21N5O2. The normalized spacial score (nSPS) is 22.3. The monoisotopic (exact) mass is 363 g/mol. The standard InChI is InChI=1S/C20H21N5O2/c1-20(26)9-12(10-20)19-24-16(17-18(21)22-6-7-25(17)19)13-8-11-4-3-5-14(27-2)15(11)23-13/h3-8,12,23,26H,9-10H2,1-2H3,(H2,21,22). The summed E-state index contributed by atoms with van der Waals surface area (Å²) in [6, 6.07) is 7.96. The highest BCUT2D eigenvalue weighted by molar-refractivity contribution is 5.93. The van der Waals surface area contributed by atoms with E-state index >= 15 is 0 Å². The third kappa shape index (κ3) is 2.39. The molecule has 0 radical (unpaired) electrons. The van der Waals surface area contributed by atoms with Crippen molar-refractivity contribution in [3.8, 4) is 17.1 Å². The third-order valence-corrected chi connectivity index (χ3v) is 5.44. The number of benzene rings is 1. The highest BCUT2D eigenvalue weighted by atomic mass is 16.5. The molecular weight excluding hydrogens is 342 g/mol. The van der Waals surface area contributed by atoms with Crippen LogP contribution in [0.5, 0.6) is 5.75 Å². The Morgan fingerprint density at radius 2 is 2.19 bits per heavy atom. The number of H-pyrrole nitrogens is 1. The van der Waals surface area contributed by atoms with Crippen LogP contribution in [0.2, 0.25) is 0 Å². The molecule has 1 aliphatic rings. The van der Waals surface area contributed by atoms with Gasteiger partial charge in [-0.05, 0) is 31.9 Å². The van der Waals surface area contributed by atoms with Gasteiger partial charge in [0.25, 0.3) is 0 Å². The molecule has 0 atom stereocenters. The molecule has 7 nitrogen and oxygen atoms in total. The largest absolute Gasteiger partial charge is 0.495 e. The number of nitrogens with two attached hydrogens (primary N) is 1. The molecule has 3 heterocycles. The van der Waals surface area contributed by atoms with Gasteiger partial charge in [-0.2, -0.15) is 0 Å². The second-order valence-corrected chi connectivity index (χ2v) is 7.56. The number of nitrogens with one attached hydrogen (secondary N) is 1. The molecule has 138 valence electrons. The van der Waals surface area contributed by atoms with Crippen LogP contribution in [-0.4, -0.2) is 37.2 Å². The van der Waals surface area contributed by atoms with Gasteiger partial charge in [0.15, 0.2) is 0 Å². The number of hydrogen-bond acceptors (Lipinski definition) is 5. The minimum absolute atomic E-state index is 0.196. The van der Waals surface area contributed by atoms with Crippen LogP contribution < -0.4 is 10.5 Å². The molecule has 7 heteroatoms. The zero-order valence-electron chi connectivity index (χ0n) is 15.2. The lowest BCUT2D eigenvalue weighted by Crippen LogP contribution is -2.40. The van der Waals surface area contributed by atoms with Crippen LogP contribution in [0.15, 0.2) is 36.7 Å². The zero-order valence-corrected chi connectivity index (χ0v) is 15.2. The van der Waals surface area contributed by atoms with E-state index in [0.29, 0.717) is 18.7 Å². The first-order valence-electron chi connectivity index (χ1n) is 8.98. The number of fused-ring (bicyclic) bond motifs is 2. The Hall–Kier alpha value is -3.06. The lowest BCUT2D eigenvalue weighted by Gasteiger charge is -2.40. The SMILES string of the molecule is COc1cccc2cc(-c3nc(C4CC(C)(O)C4)n4ccnc(N)c34)[nH]c12. The van der Waals surface area contributed by atoms with Crippen LogP contribution >= 0.6 is 0 Å². The highest BCUT2D eigenvalue weighted by Gasteiger charge is 2.41. The molecule has 1 saturated carbocycles. The summed E-state index contributed by atoms with van der Waals surface area (Å²) >= 11 is 0. The lowest BCUT2D eigenvalue weighted by atomic mass is 9.72. The summed E-state index contributed by atoms with van der Waals surface area (Å²) in [5.41, 5.74) is 8.92. The second kappa shape index (κ2) is 5.47. The van der Waals surface area contributed by atoms with E-state index in [-0.39, 0.29) is 5.92 Å². The Bertz CT molecular complexity index is 1170. The molecule has 1 fully saturated rings. The van der Waals surface area contributed by atoms with Crippen molar-refractivity contribution in [3.63, 3.8) is 0 Å². The number of aliphatic hydroxyl groups is 1. The summed E-state index contributed by atoms with van der Waals surface area (Å²) < 4.78 is 7.46. The fourth-order valence-electron chi connectivity index (χ4n) is 4.17. The lowest BCUT2D eigenvalue weighted by molar-refractivity contribution is -0.0335. The van der Waals surface area contributed by atoms with Crippen molar-refractivity contribution < 1.29 is 9.84 Å². The highest BCUT2D eigenvalue weighted by Crippen LogP contribution is 2.45. The molecule has 0 saturated heterocycles. The molecule has 4 aromatic rings. The van der Waals surface area contributed by atoms with E-state index < -0.39 is 5.60 Å². The molecule has 27 heavy (non-hydrogen) atoms. The second-order valence-electron chi connectivity index (χ2n) is 7.56. The van der Waals surface area contributed by atoms with Crippen LogP contribution in [0, 0.1) is 0 Å².